The summed E-state index contributed by atoms with van der Waals surface area (Å²) < 4.78 is 21.2. The van der Waals surface area contributed by atoms with Crippen LogP contribution in [-0.4, -0.2) is 71.8 Å². The maximum atomic E-state index is 5.77. The zero-order valence-corrected chi connectivity index (χ0v) is 13.6. The number of rotatable bonds is 16. The highest BCUT2D eigenvalue weighted by molar-refractivity contribution is 6.18. The highest BCUT2D eigenvalue weighted by atomic mass is 35.5. The number of hydrogen-bond donors (Lipinski definition) is 1. The zero-order chi connectivity index (χ0) is 14.9. The summed E-state index contributed by atoms with van der Waals surface area (Å²) in [6, 6.07) is 0.182. The Labute approximate surface area is 128 Å². The molecule has 0 saturated carbocycles. The third-order valence-electron chi connectivity index (χ3n) is 2.62. The predicted molar refractivity (Wildman–Crippen MR) is 81.8 cm³/mol. The molecule has 0 aliphatic carbocycles. The molecule has 0 bridgehead atoms. The average molecular weight is 312 g/mol. The Morgan fingerprint density at radius 2 is 1.55 bits per heavy atom. The Kier molecular flexibility index (Phi) is 17.2. The summed E-state index contributed by atoms with van der Waals surface area (Å²) in [7, 11) is 1.67. The van der Waals surface area contributed by atoms with Crippen LogP contribution >= 0.6 is 11.6 Å². The molecule has 0 fully saturated rings. The first-order valence-corrected chi connectivity index (χ1v) is 7.90. The van der Waals surface area contributed by atoms with Crippen LogP contribution in [0.2, 0.25) is 0 Å². The van der Waals surface area contributed by atoms with Crippen LogP contribution in [0.5, 0.6) is 0 Å². The van der Waals surface area contributed by atoms with Gasteiger partial charge in [0.05, 0.1) is 39.6 Å². The van der Waals surface area contributed by atoms with Gasteiger partial charge in [0.15, 0.2) is 0 Å². The van der Waals surface area contributed by atoms with E-state index < -0.39 is 0 Å². The minimum Gasteiger partial charge on any atom is -0.383 e. The molecule has 1 unspecified atom stereocenters. The van der Waals surface area contributed by atoms with Gasteiger partial charge in [0.25, 0.3) is 0 Å². The first-order valence-electron chi connectivity index (χ1n) is 7.36. The molecule has 20 heavy (non-hydrogen) atoms. The van der Waals surface area contributed by atoms with Crippen molar-refractivity contribution in [3.05, 3.63) is 0 Å². The van der Waals surface area contributed by atoms with Gasteiger partial charge in [-0.05, 0) is 6.42 Å². The van der Waals surface area contributed by atoms with Crippen LogP contribution in [0.15, 0.2) is 0 Å². The summed E-state index contributed by atoms with van der Waals surface area (Å²) in [6.45, 7) is 7.50. The SMILES string of the molecule is CCCCOCCOCCOCCNC(CCl)COC. The molecule has 0 rings (SSSR count). The van der Waals surface area contributed by atoms with Gasteiger partial charge in [-0.15, -0.1) is 11.6 Å². The van der Waals surface area contributed by atoms with Crippen LogP contribution in [0, 0.1) is 0 Å². The van der Waals surface area contributed by atoms with E-state index in [-0.39, 0.29) is 6.04 Å². The Morgan fingerprint density at radius 1 is 0.950 bits per heavy atom. The molecule has 0 saturated heterocycles. The van der Waals surface area contributed by atoms with Gasteiger partial charge < -0.3 is 24.3 Å². The lowest BCUT2D eigenvalue weighted by Gasteiger charge is -2.14. The quantitative estimate of drug-likeness (QED) is 0.347. The number of ether oxygens (including phenoxy) is 4. The van der Waals surface area contributed by atoms with E-state index in [9.17, 15) is 0 Å². The van der Waals surface area contributed by atoms with Gasteiger partial charge in [0.1, 0.15) is 0 Å². The van der Waals surface area contributed by atoms with E-state index in [0.717, 1.165) is 26.0 Å². The number of halogens is 1. The lowest BCUT2D eigenvalue weighted by atomic mass is 10.3. The highest BCUT2D eigenvalue weighted by Crippen LogP contribution is 1.89. The summed E-state index contributed by atoms with van der Waals surface area (Å²) in [5, 5.41) is 3.26. The Balaban J connectivity index is 3.09. The fourth-order valence-electron chi connectivity index (χ4n) is 1.48. The first-order chi connectivity index (χ1) is 9.85. The fraction of sp³-hybridized carbons (Fsp3) is 1.00. The van der Waals surface area contributed by atoms with Crippen molar-refractivity contribution in [3.63, 3.8) is 0 Å². The minimum absolute atomic E-state index is 0.182. The predicted octanol–water partition coefficient (Wildman–Crippen LogP) is 1.68. The molecule has 0 radical (unpaired) electrons. The fourth-order valence-corrected chi connectivity index (χ4v) is 1.68. The smallest absolute Gasteiger partial charge is 0.0701 e. The van der Waals surface area contributed by atoms with E-state index in [2.05, 4.69) is 12.2 Å². The molecule has 6 heteroatoms. The number of hydrogen-bond acceptors (Lipinski definition) is 5. The van der Waals surface area contributed by atoms with Crippen molar-refractivity contribution in [2.45, 2.75) is 25.8 Å². The second kappa shape index (κ2) is 17.1. The van der Waals surface area contributed by atoms with Gasteiger partial charge in [-0.25, -0.2) is 0 Å². The average Bonchev–Trinajstić information content (AvgIpc) is 2.47. The van der Waals surface area contributed by atoms with Gasteiger partial charge in [-0.3, -0.25) is 0 Å². The van der Waals surface area contributed by atoms with Crippen LogP contribution in [0.25, 0.3) is 0 Å². The van der Waals surface area contributed by atoms with Gasteiger partial charge in [0.2, 0.25) is 0 Å². The monoisotopic (exact) mass is 311 g/mol. The van der Waals surface area contributed by atoms with E-state index >= 15 is 0 Å². The highest BCUT2D eigenvalue weighted by Gasteiger charge is 2.04. The molecule has 0 aliphatic heterocycles. The lowest BCUT2D eigenvalue weighted by Crippen LogP contribution is -2.37. The van der Waals surface area contributed by atoms with Gasteiger partial charge in [-0.2, -0.15) is 0 Å². The van der Waals surface area contributed by atoms with Gasteiger partial charge >= 0.3 is 0 Å². The Morgan fingerprint density at radius 3 is 2.10 bits per heavy atom. The molecule has 122 valence electrons. The number of unbranched alkanes of at least 4 members (excludes halogenated alkanes) is 1. The summed E-state index contributed by atoms with van der Waals surface area (Å²) in [5.74, 6) is 0.537. The lowest BCUT2D eigenvalue weighted by molar-refractivity contribution is 0.0142. The molecule has 5 nitrogen and oxygen atoms in total. The normalized spacial score (nSPS) is 12.8. The molecular formula is C14H30ClNO4. The number of nitrogens with one attached hydrogen (secondary N) is 1. The maximum Gasteiger partial charge on any atom is 0.0701 e. The third kappa shape index (κ3) is 14.5. The van der Waals surface area contributed by atoms with Gasteiger partial charge in [-0.1, -0.05) is 13.3 Å². The number of methoxy groups -OCH3 is 1. The van der Waals surface area contributed by atoms with E-state index in [1.807, 2.05) is 0 Å². The van der Waals surface area contributed by atoms with Crippen molar-refractivity contribution in [1.29, 1.82) is 0 Å². The molecule has 0 aromatic rings. The standard InChI is InChI=1S/C14H30ClNO4/c1-3-4-6-18-8-10-20-11-9-19-7-5-16-14(12-15)13-17-2/h14,16H,3-13H2,1-2H3. The summed E-state index contributed by atoms with van der Waals surface area (Å²) >= 11 is 5.77. The van der Waals surface area contributed by atoms with Crippen LogP contribution in [0.1, 0.15) is 19.8 Å². The molecule has 0 amide bonds. The van der Waals surface area contributed by atoms with E-state index in [1.54, 1.807) is 7.11 Å². The largest absolute Gasteiger partial charge is 0.383 e. The van der Waals surface area contributed by atoms with Crippen molar-refractivity contribution in [1.82, 2.24) is 5.32 Å². The second-order valence-corrected chi connectivity index (χ2v) is 4.76. The third-order valence-corrected chi connectivity index (χ3v) is 2.99. The van der Waals surface area contributed by atoms with Crippen LogP contribution < -0.4 is 5.32 Å². The summed E-state index contributed by atoms with van der Waals surface area (Å²) in [4.78, 5) is 0. The molecular weight excluding hydrogens is 282 g/mol. The van der Waals surface area contributed by atoms with E-state index in [4.69, 9.17) is 30.5 Å². The molecule has 0 aliphatic rings. The number of alkyl halides is 1. The minimum atomic E-state index is 0.182. The zero-order valence-electron chi connectivity index (χ0n) is 12.9. The van der Waals surface area contributed by atoms with Crippen LogP contribution in [-0.2, 0) is 18.9 Å². The molecule has 0 aromatic carbocycles. The second-order valence-electron chi connectivity index (χ2n) is 4.45. The topological polar surface area (TPSA) is 49.0 Å². The molecule has 0 spiro atoms. The van der Waals surface area contributed by atoms with E-state index in [1.165, 1.54) is 0 Å². The summed E-state index contributed by atoms with van der Waals surface area (Å²) in [5.41, 5.74) is 0. The van der Waals surface area contributed by atoms with Crippen molar-refractivity contribution in [2.24, 2.45) is 0 Å². The molecule has 1 N–H and O–H groups in total. The van der Waals surface area contributed by atoms with Crippen LogP contribution in [0.3, 0.4) is 0 Å². The van der Waals surface area contributed by atoms with Gasteiger partial charge in [0, 0.05) is 32.2 Å². The molecule has 0 aromatic heterocycles. The molecule has 1 atom stereocenters. The van der Waals surface area contributed by atoms with Crippen molar-refractivity contribution in [2.75, 3.05) is 65.8 Å². The van der Waals surface area contributed by atoms with Crippen molar-refractivity contribution in [3.8, 4) is 0 Å². The van der Waals surface area contributed by atoms with E-state index in [0.29, 0.717) is 45.5 Å². The first kappa shape index (κ1) is 20.1. The summed E-state index contributed by atoms with van der Waals surface area (Å²) in [6.07, 6.45) is 2.28. The van der Waals surface area contributed by atoms with Crippen LogP contribution in [0.4, 0.5) is 0 Å². The van der Waals surface area contributed by atoms with Crippen molar-refractivity contribution >= 4 is 11.6 Å². The Bertz CT molecular complexity index is 187. The van der Waals surface area contributed by atoms with Crippen molar-refractivity contribution < 1.29 is 18.9 Å². The molecule has 0 heterocycles. The maximum absolute atomic E-state index is 5.77. The Hall–Kier alpha value is 0.0900.